The summed E-state index contributed by atoms with van der Waals surface area (Å²) in [6.45, 7) is 4.56. The summed E-state index contributed by atoms with van der Waals surface area (Å²) >= 11 is 6.21. The van der Waals surface area contributed by atoms with Gasteiger partial charge < -0.3 is 5.32 Å². The summed E-state index contributed by atoms with van der Waals surface area (Å²) < 4.78 is 0. The Bertz CT molecular complexity index is 359. The fraction of sp³-hybridized carbons (Fsp3) is 0.600. The average molecular weight is 267 g/mol. The maximum Gasteiger partial charge on any atom is 0.0451 e. The summed E-state index contributed by atoms with van der Waals surface area (Å²) in [5.41, 5.74) is 1.26. The van der Waals surface area contributed by atoms with Gasteiger partial charge in [-0.05, 0) is 63.5 Å². The fourth-order valence-corrected chi connectivity index (χ4v) is 2.84. The molecule has 0 bridgehead atoms. The molecular formula is C15H23ClN2. The highest BCUT2D eigenvalue weighted by Crippen LogP contribution is 2.23. The maximum atomic E-state index is 6.21. The van der Waals surface area contributed by atoms with Crippen LogP contribution in [0.2, 0.25) is 5.02 Å². The topological polar surface area (TPSA) is 15.3 Å². The van der Waals surface area contributed by atoms with Gasteiger partial charge in [-0.3, -0.25) is 4.90 Å². The number of likely N-dealkylation sites (tertiary alicyclic amines) is 1. The molecule has 3 heteroatoms. The van der Waals surface area contributed by atoms with Crippen LogP contribution in [0.15, 0.2) is 24.3 Å². The average Bonchev–Trinajstić information content (AvgIpc) is 2.41. The number of nitrogens with one attached hydrogen (secondary N) is 1. The van der Waals surface area contributed by atoms with Crippen molar-refractivity contribution < 1.29 is 0 Å². The maximum absolute atomic E-state index is 6.21. The lowest BCUT2D eigenvalue weighted by atomic mass is 9.93. The number of nitrogens with zero attached hydrogens (tertiary/aromatic N) is 1. The largest absolute Gasteiger partial charge is 0.320 e. The van der Waals surface area contributed by atoms with Crippen molar-refractivity contribution in [3.8, 4) is 0 Å². The van der Waals surface area contributed by atoms with E-state index >= 15 is 0 Å². The van der Waals surface area contributed by atoms with Crippen molar-refractivity contribution in [1.82, 2.24) is 10.2 Å². The van der Waals surface area contributed by atoms with Gasteiger partial charge in [-0.25, -0.2) is 0 Å². The molecule has 1 N–H and O–H groups in total. The van der Waals surface area contributed by atoms with Gasteiger partial charge in [0, 0.05) is 11.6 Å². The predicted molar refractivity (Wildman–Crippen MR) is 78.0 cm³/mol. The normalized spacial score (nSPS) is 18.1. The van der Waals surface area contributed by atoms with Gasteiger partial charge in [0.15, 0.2) is 0 Å². The highest BCUT2D eigenvalue weighted by molar-refractivity contribution is 6.31. The minimum absolute atomic E-state index is 0.898. The van der Waals surface area contributed by atoms with Crippen molar-refractivity contribution in [2.24, 2.45) is 5.92 Å². The molecule has 0 aromatic heterocycles. The van der Waals surface area contributed by atoms with E-state index in [9.17, 15) is 0 Å². The van der Waals surface area contributed by atoms with Crippen molar-refractivity contribution in [2.45, 2.75) is 25.8 Å². The smallest absolute Gasteiger partial charge is 0.0451 e. The van der Waals surface area contributed by atoms with Crippen LogP contribution in [0.25, 0.3) is 0 Å². The van der Waals surface area contributed by atoms with Crippen LogP contribution in [0.3, 0.4) is 0 Å². The summed E-state index contributed by atoms with van der Waals surface area (Å²) in [5, 5.41) is 4.14. The van der Waals surface area contributed by atoms with Crippen molar-refractivity contribution in [2.75, 3.05) is 26.7 Å². The fourth-order valence-electron chi connectivity index (χ4n) is 2.65. The van der Waals surface area contributed by atoms with E-state index in [0.29, 0.717) is 0 Å². The van der Waals surface area contributed by atoms with E-state index in [2.05, 4.69) is 22.3 Å². The van der Waals surface area contributed by atoms with E-state index in [1.54, 1.807) is 0 Å². The molecule has 1 aliphatic rings. The third-order valence-electron chi connectivity index (χ3n) is 3.86. The number of rotatable bonds is 5. The third-order valence-corrected chi connectivity index (χ3v) is 4.23. The van der Waals surface area contributed by atoms with E-state index in [-0.39, 0.29) is 0 Å². The Kier molecular flexibility index (Phi) is 5.48. The van der Waals surface area contributed by atoms with Crippen LogP contribution in [0.1, 0.15) is 24.8 Å². The van der Waals surface area contributed by atoms with Gasteiger partial charge in [-0.2, -0.15) is 0 Å². The second-order valence-electron chi connectivity index (χ2n) is 5.20. The standard InChI is InChI=1S/C15H23ClN2/c1-17-9-6-13-7-10-18(11-8-13)12-14-4-2-3-5-15(14)16/h2-5,13,17H,6-12H2,1H3. The monoisotopic (exact) mass is 266 g/mol. The van der Waals surface area contributed by atoms with Gasteiger partial charge in [-0.1, -0.05) is 29.8 Å². The molecule has 0 spiro atoms. The van der Waals surface area contributed by atoms with E-state index in [1.807, 2.05) is 19.2 Å². The first-order valence-electron chi connectivity index (χ1n) is 6.90. The zero-order valence-electron chi connectivity index (χ0n) is 11.2. The highest BCUT2D eigenvalue weighted by atomic mass is 35.5. The van der Waals surface area contributed by atoms with Crippen molar-refractivity contribution in [3.63, 3.8) is 0 Å². The molecular weight excluding hydrogens is 244 g/mol. The number of benzene rings is 1. The summed E-state index contributed by atoms with van der Waals surface area (Å²) in [4.78, 5) is 2.52. The lowest BCUT2D eigenvalue weighted by molar-refractivity contribution is 0.172. The van der Waals surface area contributed by atoms with Gasteiger partial charge in [0.2, 0.25) is 0 Å². The Morgan fingerprint density at radius 1 is 1.28 bits per heavy atom. The van der Waals surface area contributed by atoms with E-state index < -0.39 is 0 Å². The van der Waals surface area contributed by atoms with Crippen LogP contribution >= 0.6 is 11.6 Å². The molecule has 2 rings (SSSR count). The second-order valence-corrected chi connectivity index (χ2v) is 5.61. The SMILES string of the molecule is CNCCC1CCN(Cc2ccccc2Cl)CC1. The summed E-state index contributed by atoms with van der Waals surface area (Å²) in [5.74, 6) is 0.903. The first-order chi connectivity index (χ1) is 8.79. The molecule has 1 fully saturated rings. The van der Waals surface area contributed by atoms with Crippen LogP contribution < -0.4 is 5.32 Å². The Morgan fingerprint density at radius 3 is 2.67 bits per heavy atom. The molecule has 1 heterocycles. The zero-order valence-corrected chi connectivity index (χ0v) is 11.9. The Hall–Kier alpha value is -0.570. The van der Waals surface area contributed by atoms with Crippen molar-refractivity contribution >= 4 is 11.6 Å². The van der Waals surface area contributed by atoms with Gasteiger partial charge in [0.1, 0.15) is 0 Å². The Labute approximate surface area is 115 Å². The lowest BCUT2D eigenvalue weighted by Crippen LogP contribution is -2.34. The molecule has 0 aliphatic carbocycles. The Morgan fingerprint density at radius 2 is 2.00 bits per heavy atom. The van der Waals surface area contributed by atoms with E-state index in [0.717, 1.165) is 24.0 Å². The summed E-state index contributed by atoms with van der Waals surface area (Å²) in [6, 6.07) is 8.18. The number of halogens is 1. The van der Waals surface area contributed by atoms with Crippen LogP contribution in [0.5, 0.6) is 0 Å². The first kappa shape index (κ1) is 13.9. The lowest BCUT2D eigenvalue weighted by Gasteiger charge is -2.32. The van der Waals surface area contributed by atoms with E-state index in [1.165, 1.54) is 37.9 Å². The summed E-state index contributed by atoms with van der Waals surface area (Å²) in [7, 11) is 2.03. The van der Waals surface area contributed by atoms with Gasteiger partial charge in [0.25, 0.3) is 0 Å². The molecule has 0 atom stereocenters. The van der Waals surface area contributed by atoms with Gasteiger partial charge >= 0.3 is 0 Å². The van der Waals surface area contributed by atoms with Crippen LogP contribution in [0, 0.1) is 5.92 Å². The van der Waals surface area contributed by atoms with Crippen LogP contribution in [-0.2, 0) is 6.54 Å². The van der Waals surface area contributed by atoms with Crippen LogP contribution in [-0.4, -0.2) is 31.6 Å². The first-order valence-corrected chi connectivity index (χ1v) is 7.27. The second kappa shape index (κ2) is 7.13. The number of piperidine rings is 1. The molecule has 0 unspecified atom stereocenters. The predicted octanol–water partition coefficient (Wildman–Crippen LogP) is 3.16. The Balaban J connectivity index is 1.78. The van der Waals surface area contributed by atoms with Gasteiger partial charge in [-0.15, -0.1) is 0 Å². The molecule has 1 aromatic carbocycles. The minimum atomic E-state index is 0.898. The minimum Gasteiger partial charge on any atom is -0.320 e. The van der Waals surface area contributed by atoms with Crippen LogP contribution in [0.4, 0.5) is 0 Å². The van der Waals surface area contributed by atoms with Crippen molar-refractivity contribution in [3.05, 3.63) is 34.9 Å². The highest BCUT2D eigenvalue weighted by Gasteiger charge is 2.19. The summed E-state index contributed by atoms with van der Waals surface area (Å²) in [6.07, 6.45) is 3.97. The molecule has 0 saturated carbocycles. The molecule has 0 amide bonds. The quantitative estimate of drug-likeness (QED) is 0.881. The molecule has 2 nitrogen and oxygen atoms in total. The molecule has 18 heavy (non-hydrogen) atoms. The van der Waals surface area contributed by atoms with Crippen molar-refractivity contribution in [1.29, 1.82) is 0 Å². The molecule has 1 aliphatic heterocycles. The zero-order chi connectivity index (χ0) is 12.8. The number of hydrogen-bond donors (Lipinski definition) is 1. The van der Waals surface area contributed by atoms with Gasteiger partial charge in [0.05, 0.1) is 0 Å². The molecule has 1 saturated heterocycles. The number of hydrogen-bond acceptors (Lipinski definition) is 2. The third kappa shape index (κ3) is 3.98. The molecule has 1 aromatic rings. The molecule has 100 valence electrons. The molecule has 0 radical (unpaired) electrons. The van der Waals surface area contributed by atoms with E-state index in [4.69, 9.17) is 11.6 Å².